The molecule has 0 saturated heterocycles. The smallest absolute Gasteiger partial charge is 0.213 e. The second-order valence-corrected chi connectivity index (χ2v) is 5.02. The third-order valence-corrected chi connectivity index (χ3v) is 2.73. The third kappa shape index (κ3) is 3.41. The second kappa shape index (κ2) is 3.73. The molecule has 6 heteroatoms. The van der Waals surface area contributed by atoms with Crippen LogP contribution in [0.4, 0.5) is 4.39 Å². The molecule has 1 aromatic rings. The van der Waals surface area contributed by atoms with Gasteiger partial charge in [-0.1, -0.05) is 6.07 Å². The predicted molar refractivity (Wildman–Crippen MR) is 50.9 cm³/mol. The van der Waals surface area contributed by atoms with E-state index >= 15 is 0 Å². The maximum Gasteiger partial charge on any atom is 0.213 e. The Kier molecular flexibility index (Phi) is 3.05. The molecule has 0 aromatic heterocycles. The van der Waals surface area contributed by atoms with Crippen molar-refractivity contribution in [3.63, 3.8) is 0 Å². The van der Waals surface area contributed by atoms with E-state index in [0.717, 1.165) is 6.07 Å². The van der Waals surface area contributed by atoms with Gasteiger partial charge in [-0.05, 0) is 33.6 Å². The van der Waals surface area contributed by atoms with Crippen molar-refractivity contribution in [1.82, 2.24) is 0 Å². The average molecular weight is 268 g/mol. The molecule has 1 rings (SSSR count). The van der Waals surface area contributed by atoms with Crippen LogP contribution in [-0.4, -0.2) is 8.42 Å². The van der Waals surface area contributed by atoms with Crippen molar-refractivity contribution in [2.24, 2.45) is 5.14 Å². The Labute approximate surface area is 83.9 Å². The van der Waals surface area contributed by atoms with Crippen molar-refractivity contribution >= 4 is 26.0 Å². The van der Waals surface area contributed by atoms with Gasteiger partial charge >= 0.3 is 0 Å². The van der Waals surface area contributed by atoms with E-state index in [4.69, 9.17) is 5.14 Å². The van der Waals surface area contributed by atoms with Gasteiger partial charge in [-0.15, -0.1) is 0 Å². The van der Waals surface area contributed by atoms with E-state index in [1.54, 1.807) is 0 Å². The zero-order chi connectivity index (χ0) is 10.1. The molecule has 0 bridgehead atoms. The van der Waals surface area contributed by atoms with Gasteiger partial charge in [0.1, 0.15) is 5.82 Å². The maximum absolute atomic E-state index is 12.9. The largest absolute Gasteiger partial charge is 0.228 e. The number of hydrogen-bond donors (Lipinski definition) is 1. The van der Waals surface area contributed by atoms with Gasteiger partial charge in [0, 0.05) is 0 Å². The summed E-state index contributed by atoms with van der Waals surface area (Å²) in [5, 5.41) is 4.79. The van der Waals surface area contributed by atoms with Crippen LogP contribution < -0.4 is 5.14 Å². The van der Waals surface area contributed by atoms with E-state index in [1.165, 1.54) is 12.1 Å². The fraction of sp³-hybridized carbons (Fsp3) is 0.143. The molecule has 0 radical (unpaired) electrons. The average Bonchev–Trinajstić information content (AvgIpc) is 1.94. The highest BCUT2D eigenvalue weighted by atomic mass is 79.9. The first-order valence-electron chi connectivity index (χ1n) is 3.33. The number of primary sulfonamides is 1. The summed E-state index contributed by atoms with van der Waals surface area (Å²) in [5.74, 6) is -0.849. The monoisotopic (exact) mass is 267 g/mol. The lowest BCUT2D eigenvalue weighted by atomic mass is 10.2. The van der Waals surface area contributed by atoms with Crippen LogP contribution >= 0.6 is 15.9 Å². The van der Waals surface area contributed by atoms with Crippen molar-refractivity contribution in [1.29, 1.82) is 0 Å². The van der Waals surface area contributed by atoms with Crippen LogP contribution in [-0.2, 0) is 15.8 Å². The van der Waals surface area contributed by atoms with Gasteiger partial charge in [0.25, 0.3) is 0 Å². The standard InChI is InChI=1S/C7H7BrFNO2S/c8-6-2-1-5(3-7(6)9)4-13(10,11)12/h1-3H,4H2,(H2,10,11,12). The van der Waals surface area contributed by atoms with Crippen LogP contribution in [0.25, 0.3) is 0 Å². The Morgan fingerprint density at radius 3 is 2.54 bits per heavy atom. The molecule has 0 spiro atoms. The Hall–Kier alpha value is -0.460. The Morgan fingerprint density at radius 1 is 1.46 bits per heavy atom. The summed E-state index contributed by atoms with van der Waals surface area (Å²) in [5.41, 5.74) is 0.336. The Balaban J connectivity index is 2.99. The topological polar surface area (TPSA) is 60.2 Å². The molecule has 3 nitrogen and oxygen atoms in total. The zero-order valence-electron chi connectivity index (χ0n) is 6.50. The highest BCUT2D eigenvalue weighted by Crippen LogP contribution is 2.17. The lowest BCUT2D eigenvalue weighted by Crippen LogP contribution is -2.14. The molecule has 0 atom stereocenters. The molecule has 0 fully saturated rings. The van der Waals surface area contributed by atoms with Gasteiger partial charge in [0.05, 0.1) is 10.2 Å². The highest BCUT2D eigenvalue weighted by Gasteiger charge is 2.07. The van der Waals surface area contributed by atoms with Crippen molar-refractivity contribution in [3.05, 3.63) is 34.1 Å². The number of rotatable bonds is 2. The summed E-state index contributed by atoms with van der Waals surface area (Å²) < 4.78 is 34.4. The van der Waals surface area contributed by atoms with Gasteiger partial charge < -0.3 is 0 Å². The first kappa shape index (κ1) is 10.6. The van der Waals surface area contributed by atoms with E-state index in [0.29, 0.717) is 10.0 Å². The molecule has 0 unspecified atom stereocenters. The van der Waals surface area contributed by atoms with Crippen molar-refractivity contribution in [2.45, 2.75) is 5.75 Å². The molecule has 0 heterocycles. The molecule has 0 aliphatic rings. The van der Waals surface area contributed by atoms with Gasteiger partial charge in [-0.3, -0.25) is 0 Å². The quantitative estimate of drug-likeness (QED) is 0.880. The molecule has 0 saturated carbocycles. The SMILES string of the molecule is NS(=O)(=O)Cc1ccc(Br)c(F)c1. The van der Waals surface area contributed by atoms with Crippen LogP contribution in [0.3, 0.4) is 0 Å². The summed E-state index contributed by atoms with van der Waals surface area (Å²) >= 11 is 2.95. The molecule has 1 aromatic carbocycles. The number of hydrogen-bond acceptors (Lipinski definition) is 2. The summed E-state index contributed by atoms with van der Waals surface area (Å²) in [7, 11) is -3.59. The molecular formula is C7H7BrFNO2S. The molecule has 13 heavy (non-hydrogen) atoms. The lowest BCUT2D eigenvalue weighted by Gasteiger charge is -2.00. The van der Waals surface area contributed by atoms with Crippen LogP contribution in [0, 0.1) is 5.82 Å². The molecule has 2 N–H and O–H groups in total. The molecular weight excluding hydrogens is 261 g/mol. The van der Waals surface area contributed by atoms with Gasteiger partial charge in [-0.25, -0.2) is 17.9 Å². The fourth-order valence-electron chi connectivity index (χ4n) is 0.862. The summed E-state index contributed by atoms with van der Waals surface area (Å²) in [6.07, 6.45) is 0. The second-order valence-electron chi connectivity index (χ2n) is 2.56. The van der Waals surface area contributed by atoms with Gasteiger partial charge in [-0.2, -0.15) is 0 Å². The minimum Gasteiger partial charge on any atom is -0.228 e. The van der Waals surface area contributed by atoms with Crippen molar-refractivity contribution in [3.8, 4) is 0 Å². The number of halogens is 2. The van der Waals surface area contributed by atoms with E-state index < -0.39 is 15.8 Å². The summed E-state index contributed by atoms with van der Waals surface area (Å²) in [4.78, 5) is 0. The van der Waals surface area contributed by atoms with Crippen molar-refractivity contribution in [2.75, 3.05) is 0 Å². The first-order valence-corrected chi connectivity index (χ1v) is 5.84. The van der Waals surface area contributed by atoms with E-state index in [2.05, 4.69) is 15.9 Å². The van der Waals surface area contributed by atoms with Crippen LogP contribution in [0.5, 0.6) is 0 Å². The van der Waals surface area contributed by atoms with Crippen LogP contribution in [0.2, 0.25) is 0 Å². The number of benzene rings is 1. The van der Waals surface area contributed by atoms with Crippen LogP contribution in [0.15, 0.2) is 22.7 Å². The van der Waals surface area contributed by atoms with E-state index in [1.807, 2.05) is 0 Å². The molecule has 0 amide bonds. The first-order chi connectivity index (χ1) is 5.88. The number of sulfonamides is 1. The molecule has 0 aliphatic carbocycles. The van der Waals surface area contributed by atoms with Gasteiger partial charge in [0.2, 0.25) is 10.0 Å². The molecule has 72 valence electrons. The summed E-state index contributed by atoms with van der Waals surface area (Å²) in [6, 6.07) is 4.07. The highest BCUT2D eigenvalue weighted by molar-refractivity contribution is 9.10. The maximum atomic E-state index is 12.9. The van der Waals surface area contributed by atoms with Crippen LogP contribution in [0.1, 0.15) is 5.56 Å². The van der Waals surface area contributed by atoms with Crippen molar-refractivity contribution < 1.29 is 12.8 Å². The molecule has 0 aliphatic heterocycles. The fourth-order valence-corrected chi connectivity index (χ4v) is 1.75. The third-order valence-electron chi connectivity index (χ3n) is 1.35. The van der Waals surface area contributed by atoms with E-state index in [-0.39, 0.29) is 5.75 Å². The Morgan fingerprint density at radius 2 is 2.08 bits per heavy atom. The lowest BCUT2D eigenvalue weighted by molar-refractivity contribution is 0.596. The van der Waals surface area contributed by atoms with E-state index in [9.17, 15) is 12.8 Å². The minimum atomic E-state index is -3.59. The normalized spacial score (nSPS) is 11.6. The van der Waals surface area contributed by atoms with Gasteiger partial charge in [0.15, 0.2) is 0 Å². The summed E-state index contributed by atoms with van der Waals surface area (Å²) in [6.45, 7) is 0. The minimum absolute atomic E-state index is 0.297. The zero-order valence-corrected chi connectivity index (χ0v) is 8.90. The predicted octanol–water partition coefficient (Wildman–Crippen LogP) is 1.38. The Bertz CT molecular complexity index is 419. The number of nitrogens with two attached hydrogens (primary N) is 1.